The zero-order chi connectivity index (χ0) is 6.69. The molecule has 0 N–H and O–H groups in total. The quantitative estimate of drug-likeness (QED) is 0.496. The largest absolute Gasteiger partial charge is 0.122 e. The van der Waals surface area contributed by atoms with Gasteiger partial charge < -0.3 is 0 Å². The Hall–Kier alpha value is 0.430. The van der Waals surface area contributed by atoms with Crippen molar-refractivity contribution in [2.24, 2.45) is 11.8 Å². The molecule has 1 heterocycles. The van der Waals surface area contributed by atoms with Gasteiger partial charge in [-0.3, -0.25) is 0 Å². The minimum Gasteiger partial charge on any atom is -0.122 e. The molecule has 1 saturated heterocycles. The van der Waals surface area contributed by atoms with E-state index < -0.39 is 0 Å². The predicted octanol–water partition coefficient (Wildman–Crippen LogP) is 2.73. The maximum absolute atomic E-state index is 2.36. The zero-order valence-electron chi connectivity index (χ0n) is 6.48. The Kier molecular flexibility index (Phi) is 2.98. The van der Waals surface area contributed by atoms with Crippen LogP contribution in [0.15, 0.2) is 0 Å². The Morgan fingerprint density at radius 3 is 2.11 bits per heavy atom. The lowest BCUT2D eigenvalue weighted by atomic mass is 9.91. The van der Waals surface area contributed by atoms with Crippen LogP contribution in [0.5, 0.6) is 0 Å². The van der Waals surface area contributed by atoms with Crippen molar-refractivity contribution in [1.29, 1.82) is 0 Å². The second-order valence-electron chi connectivity index (χ2n) is 3.33. The molecule has 1 heteroatoms. The van der Waals surface area contributed by atoms with Gasteiger partial charge in [-0.05, 0) is 37.0 Å². The molecule has 9 heavy (non-hydrogen) atoms. The molecule has 0 unspecified atom stereocenters. The second-order valence-corrected chi connectivity index (χ2v) is 4.83. The number of rotatable bonds is 1. The van der Waals surface area contributed by atoms with Gasteiger partial charge in [0.05, 0.1) is 0 Å². The minimum absolute atomic E-state index is 0.940. The summed E-state index contributed by atoms with van der Waals surface area (Å²) in [6, 6.07) is 0. The summed E-state index contributed by atoms with van der Waals surface area (Å²) in [6.07, 6.45) is 6.05. The third kappa shape index (κ3) is 2.26. The molecule has 1 aliphatic rings. The van der Waals surface area contributed by atoms with Crippen molar-refractivity contribution in [3.05, 3.63) is 0 Å². The van der Waals surface area contributed by atoms with Crippen molar-refractivity contribution in [2.75, 3.05) is 12.3 Å². The summed E-state index contributed by atoms with van der Waals surface area (Å²) in [6.45, 7) is 4.72. The molecule has 0 nitrogen and oxygen atoms in total. The first-order chi connectivity index (χ1) is 4.30. The van der Waals surface area contributed by atoms with E-state index in [9.17, 15) is 0 Å². The smallest absolute Gasteiger partial charge is 0.0351 e. The fraction of sp³-hybridized carbons (Fsp3) is 1.00. The molecule has 0 amide bonds. The van der Waals surface area contributed by atoms with Crippen molar-refractivity contribution >= 4 is 8.58 Å². The molecule has 1 rings (SSSR count). The van der Waals surface area contributed by atoms with E-state index in [2.05, 4.69) is 13.8 Å². The van der Waals surface area contributed by atoms with Crippen molar-refractivity contribution < 1.29 is 0 Å². The van der Waals surface area contributed by atoms with Gasteiger partial charge in [0.2, 0.25) is 0 Å². The Labute approximate surface area is 60.2 Å². The van der Waals surface area contributed by atoms with E-state index >= 15 is 0 Å². The molecule has 54 valence electrons. The maximum atomic E-state index is 2.36. The first-order valence-electron chi connectivity index (χ1n) is 4.01. The van der Waals surface area contributed by atoms with Crippen LogP contribution in [0.4, 0.5) is 0 Å². The fourth-order valence-electron chi connectivity index (χ4n) is 1.51. The molecule has 1 fully saturated rings. The van der Waals surface area contributed by atoms with E-state index in [1.807, 2.05) is 0 Å². The monoisotopic (exact) mass is 144 g/mol. The first-order valence-corrected chi connectivity index (χ1v) is 5.43. The van der Waals surface area contributed by atoms with Gasteiger partial charge >= 0.3 is 0 Å². The second kappa shape index (κ2) is 3.56. The summed E-state index contributed by atoms with van der Waals surface area (Å²) < 4.78 is 0. The molecular formula is C8H17P. The molecule has 1 aliphatic heterocycles. The van der Waals surface area contributed by atoms with Gasteiger partial charge in [-0.25, -0.2) is 0 Å². The lowest BCUT2D eigenvalue weighted by Gasteiger charge is -2.24. The standard InChI is InChI=1S/C8H17P/c1-7(2)8-3-5-9-6-4-8/h7-9H,3-6H2,1-2H3. The van der Waals surface area contributed by atoms with E-state index in [-0.39, 0.29) is 0 Å². The lowest BCUT2D eigenvalue weighted by molar-refractivity contribution is 0.359. The minimum atomic E-state index is 0.940. The summed E-state index contributed by atoms with van der Waals surface area (Å²) >= 11 is 0. The van der Waals surface area contributed by atoms with Crippen LogP contribution in [0.3, 0.4) is 0 Å². The van der Waals surface area contributed by atoms with E-state index in [0.717, 1.165) is 11.8 Å². The van der Waals surface area contributed by atoms with E-state index in [1.54, 1.807) is 0 Å². The third-order valence-corrected chi connectivity index (χ3v) is 3.61. The summed E-state index contributed by atoms with van der Waals surface area (Å²) in [5, 5.41) is 0. The molecule has 0 saturated carbocycles. The van der Waals surface area contributed by atoms with Crippen LogP contribution < -0.4 is 0 Å². The summed E-state index contributed by atoms with van der Waals surface area (Å²) in [4.78, 5) is 0. The highest BCUT2D eigenvalue weighted by atomic mass is 31.1. The van der Waals surface area contributed by atoms with E-state index in [4.69, 9.17) is 0 Å². The highest BCUT2D eigenvalue weighted by molar-refractivity contribution is 7.38. The predicted molar refractivity (Wildman–Crippen MR) is 45.6 cm³/mol. The highest BCUT2D eigenvalue weighted by Gasteiger charge is 2.15. The Bertz CT molecular complexity index is 72.6. The van der Waals surface area contributed by atoms with Gasteiger partial charge in [0.1, 0.15) is 0 Å². The van der Waals surface area contributed by atoms with Gasteiger partial charge in [-0.1, -0.05) is 13.8 Å². The lowest BCUT2D eigenvalue weighted by Crippen LogP contribution is -2.14. The Morgan fingerprint density at radius 2 is 1.78 bits per heavy atom. The molecule has 0 bridgehead atoms. The maximum Gasteiger partial charge on any atom is -0.0351 e. The van der Waals surface area contributed by atoms with Gasteiger partial charge in [0, 0.05) is 0 Å². The molecule has 0 radical (unpaired) electrons. The van der Waals surface area contributed by atoms with Crippen LogP contribution in [0.1, 0.15) is 26.7 Å². The van der Waals surface area contributed by atoms with Crippen LogP contribution in [-0.2, 0) is 0 Å². The van der Waals surface area contributed by atoms with Gasteiger partial charge in [-0.15, -0.1) is 8.58 Å². The van der Waals surface area contributed by atoms with Gasteiger partial charge in [-0.2, -0.15) is 0 Å². The zero-order valence-corrected chi connectivity index (χ0v) is 7.48. The topological polar surface area (TPSA) is 0 Å². The average Bonchev–Trinajstić information content (AvgIpc) is 1.90. The van der Waals surface area contributed by atoms with Crippen molar-refractivity contribution in [1.82, 2.24) is 0 Å². The van der Waals surface area contributed by atoms with E-state index in [1.165, 1.54) is 33.7 Å². The van der Waals surface area contributed by atoms with Crippen molar-refractivity contribution in [2.45, 2.75) is 26.7 Å². The third-order valence-electron chi connectivity index (χ3n) is 2.33. The van der Waals surface area contributed by atoms with Crippen LogP contribution in [-0.4, -0.2) is 12.3 Å². The Morgan fingerprint density at radius 1 is 1.22 bits per heavy atom. The average molecular weight is 144 g/mol. The number of hydrogen-bond acceptors (Lipinski definition) is 0. The first kappa shape index (κ1) is 7.54. The van der Waals surface area contributed by atoms with Crippen LogP contribution >= 0.6 is 8.58 Å². The summed E-state index contributed by atoms with van der Waals surface area (Å²) in [7, 11) is 1.28. The SMILES string of the molecule is CC(C)C1CCPCC1. The number of hydrogen-bond donors (Lipinski definition) is 0. The molecule has 0 aromatic heterocycles. The summed E-state index contributed by atoms with van der Waals surface area (Å²) in [5.41, 5.74) is 0. The summed E-state index contributed by atoms with van der Waals surface area (Å²) in [5.74, 6) is 2.00. The Balaban J connectivity index is 2.23. The van der Waals surface area contributed by atoms with Crippen molar-refractivity contribution in [3.63, 3.8) is 0 Å². The molecular weight excluding hydrogens is 127 g/mol. The molecule has 0 atom stereocenters. The van der Waals surface area contributed by atoms with Crippen LogP contribution in [0.2, 0.25) is 0 Å². The molecule has 0 aromatic rings. The highest BCUT2D eigenvalue weighted by Crippen LogP contribution is 2.31. The van der Waals surface area contributed by atoms with Crippen LogP contribution in [0.25, 0.3) is 0 Å². The van der Waals surface area contributed by atoms with Crippen LogP contribution in [0, 0.1) is 11.8 Å². The van der Waals surface area contributed by atoms with Gasteiger partial charge in [0.25, 0.3) is 0 Å². The normalized spacial score (nSPS) is 31.7. The van der Waals surface area contributed by atoms with Crippen molar-refractivity contribution in [3.8, 4) is 0 Å². The fourth-order valence-corrected chi connectivity index (χ4v) is 2.91. The molecule has 0 spiro atoms. The molecule has 0 aromatic carbocycles. The molecule has 0 aliphatic carbocycles. The van der Waals surface area contributed by atoms with E-state index in [0.29, 0.717) is 0 Å². The van der Waals surface area contributed by atoms with Gasteiger partial charge in [0.15, 0.2) is 0 Å².